The summed E-state index contributed by atoms with van der Waals surface area (Å²) in [6.07, 6.45) is 0. The molecule has 0 saturated heterocycles. The van der Waals surface area contributed by atoms with Gasteiger partial charge in [0.25, 0.3) is 0 Å². The predicted molar refractivity (Wildman–Crippen MR) is 117 cm³/mol. The molecule has 27 heavy (non-hydrogen) atoms. The van der Waals surface area contributed by atoms with Gasteiger partial charge in [-0.25, -0.2) is 0 Å². The topological polar surface area (TPSA) is 19.9 Å². The fourth-order valence-corrected chi connectivity index (χ4v) is 6.04. The molecule has 1 nitrogen and oxygen atoms in total. The van der Waals surface area contributed by atoms with Gasteiger partial charge >= 0.3 is 45.2 Å². The molecule has 0 aromatic carbocycles. The average molecular weight is 519 g/mol. The number of halogens is 3. The first kappa shape index (κ1) is 35.3. The molecule has 0 atom stereocenters. The van der Waals surface area contributed by atoms with Gasteiger partial charge in [-0.1, -0.05) is 98.9 Å². The van der Waals surface area contributed by atoms with Gasteiger partial charge in [-0.2, -0.15) is 0 Å². The SMILES string of the molecule is CP(C(C)(C)C)C(C)(C)C.CP(C(C)(C)C)C(C)(C)C.[C-]#[O+].[F][Ru]=[C](F)F. The third kappa shape index (κ3) is 23.0. The van der Waals surface area contributed by atoms with Crippen LogP contribution in [0.25, 0.3) is 0 Å². The summed E-state index contributed by atoms with van der Waals surface area (Å²) < 4.78 is 36.5. The molecule has 0 aromatic rings. The summed E-state index contributed by atoms with van der Waals surface area (Å²) in [5, 5.41) is 2.03. The maximum atomic E-state index is 10.4. The summed E-state index contributed by atoms with van der Waals surface area (Å²) >= 11 is -2.23. The first-order valence-electron chi connectivity index (χ1n) is 8.68. The Labute approximate surface area is 178 Å². The predicted octanol–water partition coefficient (Wildman–Crippen LogP) is 8.33. The van der Waals surface area contributed by atoms with Crippen LogP contribution in [0.1, 0.15) is 83.1 Å². The molecule has 7 heteroatoms. The second-order valence-corrected chi connectivity index (χ2v) is 18.7. The second kappa shape index (κ2) is 14.8. The number of rotatable bonds is 0. The molecule has 0 spiro atoms. The van der Waals surface area contributed by atoms with Crippen molar-refractivity contribution in [2.24, 2.45) is 0 Å². The Balaban J connectivity index is -0.000000147. The number of hydrogen-bond donors (Lipinski definition) is 0. The van der Waals surface area contributed by atoms with Crippen LogP contribution in [-0.2, 0) is 21.8 Å². The van der Waals surface area contributed by atoms with E-state index in [4.69, 9.17) is 4.65 Å². The molecule has 0 bridgehead atoms. The molecule has 167 valence electrons. The molecule has 0 aromatic heterocycles. The van der Waals surface area contributed by atoms with Crippen LogP contribution < -0.4 is 0 Å². The molecule has 0 fully saturated rings. The van der Waals surface area contributed by atoms with Gasteiger partial charge in [0.2, 0.25) is 0 Å². The van der Waals surface area contributed by atoms with E-state index < -0.39 is 21.8 Å². The fourth-order valence-electron chi connectivity index (χ4n) is 2.01. The van der Waals surface area contributed by atoms with Crippen LogP contribution in [0.4, 0.5) is 12.1 Å². The van der Waals surface area contributed by atoms with E-state index in [1.165, 1.54) is 0 Å². The second-order valence-electron chi connectivity index (χ2n) is 10.1. The zero-order chi connectivity index (χ0) is 23.4. The maximum absolute atomic E-state index is 10.4. The van der Waals surface area contributed by atoms with Crippen molar-refractivity contribution in [2.45, 2.75) is 104 Å². The fraction of sp³-hybridized carbons (Fsp3) is 0.900. The third-order valence-electron chi connectivity index (χ3n) is 4.08. The van der Waals surface area contributed by atoms with Crippen molar-refractivity contribution in [2.75, 3.05) is 13.3 Å². The quantitative estimate of drug-likeness (QED) is 0.133. The van der Waals surface area contributed by atoms with Crippen molar-refractivity contribution in [1.82, 2.24) is 0 Å². The molecule has 0 saturated carbocycles. The Morgan fingerprint density at radius 3 is 0.741 bits per heavy atom. The zero-order valence-corrected chi connectivity index (χ0v) is 23.3. The van der Waals surface area contributed by atoms with E-state index in [0.717, 1.165) is 0 Å². The summed E-state index contributed by atoms with van der Waals surface area (Å²) in [6, 6.07) is 0. The summed E-state index contributed by atoms with van der Waals surface area (Å²) in [4.78, 5) is 0. The minimum absolute atomic E-state index is 0.137. The Bertz CT molecular complexity index is 364. The Kier molecular flexibility index (Phi) is 19.4. The molecule has 0 unspecified atom stereocenters. The summed E-state index contributed by atoms with van der Waals surface area (Å²) in [7, 11) is 0.275. The summed E-state index contributed by atoms with van der Waals surface area (Å²) in [6.45, 7) is 37.3. The van der Waals surface area contributed by atoms with Crippen molar-refractivity contribution in [3.8, 4) is 0 Å². The molecule has 0 aliphatic carbocycles. The van der Waals surface area contributed by atoms with Gasteiger partial charge < -0.3 is 0 Å². The van der Waals surface area contributed by atoms with Crippen molar-refractivity contribution < 1.29 is 33.9 Å². The van der Waals surface area contributed by atoms with Crippen molar-refractivity contribution in [1.29, 1.82) is 0 Å². The van der Waals surface area contributed by atoms with Crippen LogP contribution in [0, 0.1) is 6.65 Å². The number of hydrogen-bond acceptors (Lipinski definition) is 0. The monoisotopic (exact) mass is 519 g/mol. The molecule has 0 heterocycles. The van der Waals surface area contributed by atoms with E-state index in [1.807, 2.05) is 0 Å². The van der Waals surface area contributed by atoms with Gasteiger partial charge in [0.05, 0.1) is 0 Å². The minimum atomic E-state index is -2.23. The van der Waals surface area contributed by atoms with Crippen LogP contribution in [0.15, 0.2) is 0 Å². The molecular formula is C20H42F3OP2Ru. The van der Waals surface area contributed by atoms with Crippen LogP contribution in [0.2, 0.25) is 0 Å². The van der Waals surface area contributed by atoms with E-state index >= 15 is 0 Å². The molecule has 0 radical (unpaired) electrons. The summed E-state index contributed by atoms with van der Waals surface area (Å²) in [5.74, 6) is 0. The average Bonchev–Trinajstić information content (AvgIpc) is 2.45. The Morgan fingerprint density at radius 1 is 0.630 bits per heavy atom. The van der Waals surface area contributed by atoms with Gasteiger partial charge in [0.15, 0.2) is 0 Å². The van der Waals surface area contributed by atoms with Gasteiger partial charge in [-0.05, 0) is 34.0 Å². The zero-order valence-electron chi connectivity index (χ0n) is 19.8. The van der Waals surface area contributed by atoms with Crippen LogP contribution in [-0.4, -0.2) is 38.6 Å². The normalized spacial score (nSPS) is 12.2. The molecule has 0 amide bonds. The van der Waals surface area contributed by atoms with Crippen molar-refractivity contribution >= 4 is 20.5 Å². The van der Waals surface area contributed by atoms with Gasteiger partial charge in [-0.15, -0.1) is 0 Å². The molecule has 0 aliphatic heterocycles. The van der Waals surface area contributed by atoms with Crippen molar-refractivity contribution in [3.63, 3.8) is 0 Å². The van der Waals surface area contributed by atoms with Gasteiger partial charge in [0, 0.05) is 0 Å². The molecule has 0 aliphatic rings. The summed E-state index contributed by atoms with van der Waals surface area (Å²) in [5.41, 5.74) is 0. The van der Waals surface area contributed by atoms with Crippen LogP contribution in [0.5, 0.6) is 0 Å². The standard InChI is InChI=1S/2C9H21P.CF2.CO.FH.Ru/c2*1-8(2,3)10(7)9(4,5)6;2-1-3;1-2;;/h2*1-7H3;;;1H;/q;;;;;+1/p-1. The third-order valence-corrected chi connectivity index (χ3v) is 12.4. The van der Waals surface area contributed by atoms with Crippen LogP contribution >= 0.6 is 15.8 Å². The van der Waals surface area contributed by atoms with E-state index in [1.54, 1.807) is 0 Å². The van der Waals surface area contributed by atoms with Crippen molar-refractivity contribution in [3.05, 3.63) is 6.65 Å². The van der Waals surface area contributed by atoms with E-state index in [0.29, 0.717) is 20.6 Å². The Morgan fingerprint density at radius 2 is 0.741 bits per heavy atom. The van der Waals surface area contributed by atoms with E-state index in [9.17, 15) is 12.1 Å². The van der Waals surface area contributed by atoms with E-state index in [2.05, 4.69) is 103 Å². The first-order valence-corrected chi connectivity index (χ1v) is 13.8. The van der Waals surface area contributed by atoms with Gasteiger partial charge in [0.1, 0.15) is 0 Å². The van der Waals surface area contributed by atoms with Gasteiger partial charge in [-0.3, -0.25) is 0 Å². The van der Waals surface area contributed by atoms with E-state index in [-0.39, 0.29) is 15.8 Å². The van der Waals surface area contributed by atoms with Crippen LogP contribution in [0.3, 0.4) is 0 Å². The molecular weight excluding hydrogens is 476 g/mol. The molecule has 0 N–H and O–H groups in total. The first-order chi connectivity index (χ1) is 11.6. The molecule has 0 rings (SSSR count). The Hall–Kier alpha value is 0.883.